The van der Waals surface area contributed by atoms with Gasteiger partial charge in [-0.3, -0.25) is 0 Å². The summed E-state index contributed by atoms with van der Waals surface area (Å²) in [7, 11) is 4.37. The van der Waals surface area contributed by atoms with Crippen molar-refractivity contribution in [1.29, 1.82) is 0 Å². The third-order valence-electron chi connectivity index (χ3n) is 3.31. The van der Waals surface area contributed by atoms with E-state index in [1.807, 2.05) is 0 Å². The van der Waals surface area contributed by atoms with E-state index in [2.05, 4.69) is 38.2 Å². The maximum absolute atomic E-state index is 3.63. The molecule has 1 fully saturated rings. The lowest BCUT2D eigenvalue weighted by Gasteiger charge is -2.36. The van der Waals surface area contributed by atoms with E-state index in [4.69, 9.17) is 0 Å². The summed E-state index contributed by atoms with van der Waals surface area (Å²) in [4.78, 5) is 2.33. The normalized spacial score (nSPS) is 33.6. The minimum atomic E-state index is 0.763. The first-order valence-corrected chi connectivity index (χ1v) is 6.01. The van der Waals surface area contributed by atoms with Crippen LogP contribution in [0.25, 0.3) is 0 Å². The molecule has 0 aliphatic heterocycles. The Morgan fingerprint density at radius 1 is 1.29 bits per heavy atom. The Kier molecular flexibility index (Phi) is 4.90. The first kappa shape index (κ1) is 12.0. The van der Waals surface area contributed by atoms with Crippen molar-refractivity contribution in [2.24, 2.45) is 11.8 Å². The fourth-order valence-corrected chi connectivity index (χ4v) is 2.70. The molecule has 0 aromatic carbocycles. The zero-order valence-corrected chi connectivity index (χ0v) is 10.2. The molecule has 0 amide bonds. The maximum Gasteiger partial charge on any atom is 0.0108 e. The number of hydrogen-bond acceptors (Lipinski definition) is 2. The maximum atomic E-state index is 3.63. The van der Waals surface area contributed by atoms with Gasteiger partial charge >= 0.3 is 0 Å². The molecule has 3 unspecified atom stereocenters. The summed E-state index contributed by atoms with van der Waals surface area (Å²) >= 11 is 0. The zero-order chi connectivity index (χ0) is 10.6. The Bertz CT molecular complexity index is 154. The minimum Gasteiger partial charge on any atom is -0.314 e. The standard InChI is InChI=1S/C12H26N2/c1-5-13-12-7-6-10(2)8-11(12)9-14(3)4/h10-13H,5-9H2,1-4H3. The van der Waals surface area contributed by atoms with E-state index >= 15 is 0 Å². The number of hydrogen-bond donors (Lipinski definition) is 1. The summed E-state index contributed by atoms with van der Waals surface area (Å²) in [5.41, 5.74) is 0. The van der Waals surface area contributed by atoms with Crippen molar-refractivity contribution in [3.8, 4) is 0 Å². The third kappa shape index (κ3) is 3.58. The SMILES string of the molecule is CCNC1CCC(C)CC1CN(C)C. The lowest BCUT2D eigenvalue weighted by atomic mass is 9.78. The first-order chi connectivity index (χ1) is 6.63. The first-order valence-electron chi connectivity index (χ1n) is 6.01. The third-order valence-corrected chi connectivity index (χ3v) is 3.31. The van der Waals surface area contributed by atoms with Crippen molar-refractivity contribution in [1.82, 2.24) is 10.2 Å². The van der Waals surface area contributed by atoms with Crippen LogP contribution in [-0.4, -0.2) is 38.1 Å². The van der Waals surface area contributed by atoms with Gasteiger partial charge in [-0.1, -0.05) is 13.8 Å². The molecule has 0 saturated heterocycles. The van der Waals surface area contributed by atoms with Crippen LogP contribution >= 0.6 is 0 Å². The molecule has 0 heterocycles. The minimum absolute atomic E-state index is 0.763. The predicted octanol–water partition coefficient (Wildman–Crippen LogP) is 1.96. The predicted molar refractivity (Wildman–Crippen MR) is 62.5 cm³/mol. The second kappa shape index (κ2) is 5.72. The van der Waals surface area contributed by atoms with Crippen LogP contribution < -0.4 is 5.32 Å². The van der Waals surface area contributed by atoms with Crippen molar-refractivity contribution in [3.63, 3.8) is 0 Å². The summed E-state index contributed by atoms with van der Waals surface area (Å²) in [6.45, 7) is 6.96. The largest absolute Gasteiger partial charge is 0.314 e. The second-order valence-corrected chi connectivity index (χ2v) is 5.10. The Hall–Kier alpha value is -0.0800. The van der Waals surface area contributed by atoms with Gasteiger partial charge in [-0.05, 0) is 51.7 Å². The molecule has 14 heavy (non-hydrogen) atoms. The molecule has 0 aromatic rings. The van der Waals surface area contributed by atoms with Crippen LogP contribution in [0.15, 0.2) is 0 Å². The van der Waals surface area contributed by atoms with Gasteiger partial charge in [0.1, 0.15) is 0 Å². The van der Waals surface area contributed by atoms with Gasteiger partial charge in [-0.25, -0.2) is 0 Å². The van der Waals surface area contributed by atoms with Crippen LogP contribution in [0.3, 0.4) is 0 Å². The van der Waals surface area contributed by atoms with Crippen molar-refractivity contribution in [2.75, 3.05) is 27.2 Å². The van der Waals surface area contributed by atoms with Crippen LogP contribution in [0.1, 0.15) is 33.1 Å². The Morgan fingerprint density at radius 2 is 2.00 bits per heavy atom. The van der Waals surface area contributed by atoms with Gasteiger partial charge in [-0.2, -0.15) is 0 Å². The second-order valence-electron chi connectivity index (χ2n) is 5.10. The highest BCUT2D eigenvalue weighted by Crippen LogP contribution is 2.29. The average molecular weight is 198 g/mol. The highest BCUT2D eigenvalue weighted by Gasteiger charge is 2.27. The van der Waals surface area contributed by atoms with Crippen LogP contribution in [0, 0.1) is 11.8 Å². The summed E-state index contributed by atoms with van der Waals surface area (Å²) in [6, 6.07) is 0.763. The molecule has 1 aliphatic rings. The smallest absolute Gasteiger partial charge is 0.0108 e. The van der Waals surface area contributed by atoms with Gasteiger partial charge in [0.2, 0.25) is 0 Å². The van der Waals surface area contributed by atoms with Gasteiger partial charge in [0, 0.05) is 12.6 Å². The van der Waals surface area contributed by atoms with E-state index in [0.29, 0.717) is 0 Å². The molecule has 0 radical (unpaired) electrons. The van der Waals surface area contributed by atoms with Crippen molar-refractivity contribution in [3.05, 3.63) is 0 Å². The van der Waals surface area contributed by atoms with Gasteiger partial charge in [-0.15, -0.1) is 0 Å². The van der Waals surface area contributed by atoms with Gasteiger partial charge in [0.25, 0.3) is 0 Å². The quantitative estimate of drug-likeness (QED) is 0.743. The van der Waals surface area contributed by atoms with E-state index in [9.17, 15) is 0 Å². The van der Waals surface area contributed by atoms with E-state index in [-0.39, 0.29) is 0 Å². The summed E-state index contributed by atoms with van der Waals surface area (Å²) in [5, 5.41) is 3.63. The molecule has 84 valence electrons. The highest BCUT2D eigenvalue weighted by molar-refractivity contribution is 4.84. The number of nitrogens with zero attached hydrogens (tertiary/aromatic N) is 1. The van der Waals surface area contributed by atoms with Crippen LogP contribution in [0.5, 0.6) is 0 Å². The lowest BCUT2D eigenvalue weighted by molar-refractivity contribution is 0.175. The van der Waals surface area contributed by atoms with E-state index in [0.717, 1.165) is 24.4 Å². The topological polar surface area (TPSA) is 15.3 Å². The molecule has 2 nitrogen and oxygen atoms in total. The molecule has 1 aliphatic carbocycles. The van der Waals surface area contributed by atoms with Crippen LogP contribution in [0.4, 0.5) is 0 Å². The van der Waals surface area contributed by atoms with Gasteiger partial charge in [0.05, 0.1) is 0 Å². The summed E-state index contributed by atoms with van der Waals surface area (Å²) in [5.74, 6) is 1.78. The molecule has 0 bridgehead atoms. The number of rotatable bonds is 4. The van der Waals surface area contributed by atoms with E-state index < -0.39 is 0 Å². The molecule has 0 spiro atoms. The molecule has 2 heteroatoms. The monoisotopic (exact) mass is 198 g/mol. The highest BCUT2D eigenvalue weighted by atomic mass is 15.1. The average Bonchev–Trinajstić information content (AvgIpc) is 2.09. The lowest BCUT2D eigenvalue weighted by Crippen LogP contribution is -2.44. The molecule has 1 saturated carbocycles. The zero-order valence-electron chi connectivity index (χ0n) is 10.2. The molecular weight excluding hydrogens is 172 g/mol. The summed E-state index contributed by atoms with van der Waals surface area (Å²) < 4.78 is 0. The van der Waals surface area contributed by atoms with Crippen molar-refractivity contribution in [2.45, 2.75) is 39.2 Å². The van der Waals surface area contributed by atoms with Crippen LogP contribution in [0.2, 0.25) is 0 Å². The molecular formula is C12H26N2. The number of nitrogens with one attached hydrogen (secondary N) is 1. The Labute approximate surface area is 89.1 Å². The van der Waals surface area contributed by atoms with Gasteiger partial charge < -0.3 is 10.2 Å². The molecule has 0 aromatic heterocycles. The fourth-order valence-electron chi connectivity index (χ4n) is 2.70. The van der Waals surface area contributed by atoms with Crippen molar-refractivity contribution < 1.29 is 0 Å². The van der Waals surface area contributed by atoms with Crippen molar-refractivity contribution >= 4 is 0 Å². The van der Waals surface area contributed by atoms with E-state index in [1.165, 1.54) is 25.8 Å². The van der Waals surface area contributed by atoms with Gasteiger partial charge in [0.15, 0.2) is 0 Å². The summed E-state index contributed by atoms with van der Waals surface area (Å²) in [6.07, 6.45) is 4.17. The Morgan fingerprint density at radius 3 is 2.57 bits per heavy atom. The van der Waals surface area contributed by atoms with E-state index in [1.54, 1.807) is 0 Å². The Balaban J connectivity index is 2.45. The molecule has 3 atom stereocenters. The van der Waals surface area contributed by atoms with Crippen LogP contribution in [-0.2, 0) is 0 Å². The fraction of sp³-hybridized carbons (Fsp3) is 1.00. The molecule has 1 N–H and O–H groups in total. The molecule has 1 rings (SSSR count).